The lowest BCUT2D eigenvalue weighted by Gasteiger charge is -2.19. The van der Waals surface area contributed by atoms with E-state index in [4.69, 9.17) is 0 Å². The van der Waals surface area contributed by atoms with E-state index in [0.29, 0.717) is 0 Å². The van der Waals surface area contributed by atoms with Gasteiger partial charge in [-0.2, -0.15) is 0 Å². The average Bonchev–Trinajstić information content (AvgIpc) is 2.26. The maximum Gasteiger partial charge on any atom is 0.269 e. The SMILES string of the molecule is CCC1=NC(CC)=C2C=CC(=O)N=C2C1. The Hall–Kier alpha value is -1.51. The lowest BCUT2D eigenvalue weighted by Crippen LogP contribution is -2.19. The van der Waals surface area contributed by atoms with Crippen molar-refractivity contribution in [1.29, 1.82) is 0 Å². The predicted octanol–water partition coefficient (Wildman–Crippen LogP) is 2.44. The van der Waals surface area contributed by atoms with E-state index < -0.39 is 0 Å². The fraction of sp³-hybridized carbons (Fsp3) is 0.417. The highest BCUT2D eigenvalue weighted by Gasteiger charge is 2.20. The average molecular weight is 202 g/mol. The molecule has 3 heteroatoms. The van der Waals surface area contributed by atoms with E-state index in [1.807, 2.05) is 6.08 Å². The van der Waals surface area contributed by atoms with E-state index >= 15 is 0 Å². The quantitative estimate of drug-likeness (QED) is 0.678. The number of dihydropyridines is 1. The van der Waals surface area contributed by atoms with E-state index in [1.54, 1.807) is 0 Å². The lowest BCUT2D eigenvalue weighted by atomic mass is 9.95. The topological polar surface area (TPSA) is 41.8 Å². The van der Waals surface area contributed by atoms with Crippen LogP contribution in [0.15, 0.2) is 33.4 Å². The van der Waals surface area contributed by atoms with Crippen LogP contribution in [0.1, 0.15) is 33.1 Å². The zero-order chi connectivity index (χ0) is 10.8. The summed E-state index contributed by atoms with van der Waals surface area (Å²) >= 11 is 0. The molecule has 0 aromatic carbocycles. The fourth-order valence-electron chi connectivity index (χ4n) is 1.84. The predicted molar refractivity (Wildman–Crippen MR) is 61.2 cm³/mol. The summed E-state index contributed by atoms with van der Waals surface area (Å²) in [5.74, 6) is -0.151. The molecule has 0 unspecified atom stereocenters. The van der Waals surface area contributed by atoms with Crippen molar-refractivity contribution in [3.63, 3.8) is 0 Å². The Morgan fingerprint density at radius 3 is 2.67 bits per heavy atom. The van der Waals surface area contributed by atoms with E-state index in [0.717, 1.165) is 42.0 Å². The first-order valence-electron chi connectivity index (χ1n) is 5.34. The van der Waals surface area contributed by atoms with Gasteiger partial charge in [0.05, 0.1) is 5.71 Å². The molecule has 0 saturated heterocycles. The number of fused-ring (bicyclic) bond motifs is 1. The molecule has 2 aliphatic heterocycles. The molecule has 0 N–H and O–H groups in total. The molecule has 2 heterocycles. The first kappa shape index (κ1) is 10.0. The first-order valence-corrected chi connectivity index (χ1v) is 5.34. The first-order chi connectivity index (χ1) is 7.24. The normalized spacial score (nSPS) is 20.0. The van der Waals surface area contributed by atoms with Crippen molar-refractivity contribution in [2.75, 3.05) is 0 Å². The zero-order valence-corrected chi connectivity index (χ0v) is 9.08. The molecule has 0 spiro atoms. The van der Waals surface area contributed by atoms with Crippen molar-refractivity contribution in [1.82, 2.24) is 0 Å². The molecule has 2 aliphatic rings. The number of carbonyl (C=O) groups is 1. The standard InChI is InChI=1S/C12H14N2O/c1-3-8-7-11-9(10(4-2)13-8)5-6-12(15)14-11/h5-6H,3-4,7H2,1-2H3. The summed E-state index contributed by atoms with van der Waals surface area (Å²) in [5.41, 5.74) is 4.12. The lowest BCUT2D eigenvalue weighted by molar-refractivity contribution is -0.113. The summed E-state index contributed by atoms with van der Waals surface area (Å²) in [6.45, 7) is 4.16. The Kier molecular flexibility index (Phi) is 2.62. The van der Waals surface area contributed by atoms with E-state index in [-0.39, 0.29) is 5.91 Å². The van der Waals surface area contributed by atoms with Crippen molar-refractivity contribution in [2.45, 2.75) is 33.1 Å². The van der Waals surface area contributed by atoms with Gasteiger partial charge in [0, 0.05) is 29.5 Å². The molecule has 3 nitrogen and oxygen atoms in total. The van der Waals surface area contributed by atoms with Gasteiger partial charge >= 0.3 is 0 Å². The molecule has 2 rings (SSSR count). The summed E-state index contributed by atoms with van der Waals surface area (Å²) in [7, 11) is 0. The van der Waals surface area contributed by atoms with Gasteiger partial charge < -0.3 is 0 Å². The van der Waals surface area contributed by atoms with E-state index in [2.05, 4.69) is 23.8 Å². The van der Waals surface area contributed by atoms with Crippen LogP contribution in [0.25, 0.3) is 0 Å². The molecule has 0 aromatic heterocycles. The van der Waals surface area contributed by atoms with Crippen LogP contribution in [0.2, 0.25) is 0 Å². The minimum Gasteiger partial charge on any atom is -0.267 e. The number of aliphatic imine (C=N–C) groups is 2. The molecule has 0 saturated carbocycles. The maximum absolute atomic E-state index is 11.2. The van der Waals surface area contributed by atoms with E-state index in [9.17, 15) is 4.79 Å². The van der Waals surface area contributed by atoms with Crippen LogP contribution in [0.3, 0.4) is 0 Å². The van der Waals surface area contributed by atoms with Crippen LogP contribution in [-0.4, -0.2) is 17.3 Å². The summed E-state index contributed by atoms with van der Waals surface area (Å²) < 4.78 is 0. The van der Waals surface area contributed by atoms with Crippen molar-refractivity contribution in [2.24, 2.45) is 9.98 Å². The van der Waals surface area contributed by atoms with Gasteiger partial charge in [0.2, 0.25) is 0 Å². The summed E-state index contributed by atoms with van der Waals surface area (Å²) in [4.78, 5) is 19.8. The highest BCUT2D eigenvalue weighted by molar-refractivity contribution is 6.21. The molecule has 0 aromatic rings. The fourth-order valence-corrected chi connectivity index (χ4v) is 1.84. The number of hydrogen-bond acceptors (Lipinski definition) is 2. The van der Waals surface area contributed by atoms with Crippen LogP contribution in [0, 0.1) is 0 Å². The third-order valence-corrected chi connectivity index (χ3v) is 2.67. The van der Waals surface area contributed by atoms with Gasteiger partial charge in [-0.15, -0.1) is 0 Å². The third-order valence-electron chi connectivity index (χ3n) is 2.67. The van der Waals surface area contributed by atoms with Crippen LogP contribution in [0.4, 0.5) is 0 Å². The number of rotatable bonds is 2. The minimum absolute atomic E-state index is 0.151. The van der Waals surface area contributed by atoms with Crippen LogP contribution in [-0.2, 0) is 4.79 Å². The van der Waals surface area contributed by atoms with E-state index in [1.165, 1.54) is 6.08 Å². The van der Waals surface area contributed by atoms with Crippen LogP contribution < -0.4 is 0 Å². The molecule has 0 radical (unpaired) electrons. The Balaban J connectivity index is 2.47. The molecular weight excluding hydrogens is 188 g/mol. The monoisotopic (exact) mass is 202 g/mol. The molecule has 15 heavy (non-hydrogen) atoms. The zero-order valence-electron chi connectivity index (χ0n) is 9.08. The maximum atomic E-state index is 11.2. The van der Waals surface area contributed by atoms with Crippen molar-refractivity contribution < 1.29 is 4.79 Å². The number of allylic oxidation sites excluding steroid dienone is 3. The molecule has 1 amide bonds. The second-order valence-corrected chi connectivity index (χ2v) is 3.65. The summed E-state index contributed by atoms with van der Waals surface area (Å²) in [5, 5.41) is 0. The molecule has 0 fully saturated rings. The molecular formula is C12H14N2O. The van der Waals surface area contributed by atoms with Crippen molar-refractivity contribution in [3.8, 4) is 0 Å². The number of nitrogens with zero attached hydrogens (tertiary/aromatic N) is 2. The van der Waals surface area contributed by atoms with Crippen LogP contribution >= 0.6 is 0 Å². The van der Waals surface area contributed by atoms with Crippen molar-refractivity contribution in [3.05, 3.63) is 23.4 Å². The third kappa shape index (κ3) is 1.82. The molecule has 0 bridgehead atoms. The number of amides is 1. The highest BCUT2D eigenvalue weighted by atomic mass is 16.1. The van der Waals surface area contributed by atoms with Gasteiger partial charge in [-0.25, -0.2) is 4.99 Å². The summed E-state index contributed by atoms with van der Waals surface area (Å²) in [6.07, 6.45) is 5.90. The second-order valence-electron chi connectivity index (χ2n) is 3.65. The second kappa shape index (κ2) is 3.93. The van der Waals surface area contributed by atoms with Gasteiger partial charge in [-0.05, 0) is 18.9 Å². The Morgan fingerprint density at radius 1 is 1.20 bits per heavy atom. The Labute approximate surface area is 89.3 Å². The van der Waals surface area contributed by atoms with Crippen molar-refractivity contribution >= 4 is 17.3 Å². The Bertz CT molecular complexity index is 425. The van der Waals surface area contributed by atoms with Gasteiger partial charge in [0.15, 0.2) is 0 Å². The Morgan fingerprint density at radius 2 is 2.00 bits per heavy atom. The number of hydrogen-bond donors (Lipinski definition) is 0. The smallest absolute Gasteiger partial charge is 0.267 e. The largest absolute Gasteiger partial charge is 0.269 e. The highest BCUT2D eigenvalue weighted by Crippen LogP contribution is 2.24. The van der Waals surface area contributed by atoms with Gasteiger partial charge in [0.25, 0.3) is 5.91 Å². The minimum atomic E-state index is -0.151. The van der Waals surface area contributed by atoms with Gasteiger partial charge in [-0.3, -0.25) is 9.79 Å². The van der Waals surface area contributed by atoms with Gasteiger partial charge in [-0.1, -0.05) is 13.8 Å². The molecule has 0 atom stereocenters. The molecule has 78 valence electrons. The van der Waals surface area contributed by atoms with Crippen LogP contribution in [0.5, 0.6) is 0 Å². The number of carbonyl (C=O) groups excluding carboxylic acids is 1. The molecule has 0 aliphatic carbocycles. The summed E-state index contributed by atoms with van der Waals surface area (Å²) in [6, 6.07) is 0. The van der Waals surface area contributed by atoms with Gasteiger partial charge in [0.1, 0.15) is 0 Å².